The van der Waals surface area contributed by atoms with Crippen molar-refractivity contribution in [1.29, 1.82) is 0 Å². The fraction of sp³-hybridized carbons (Fsp3) is 0.250. The second kappa shape index (κ2) is 6.43. The van der Waals surface area contributed by atoms with Gasteiger partial charge in [0.2, 0.25) is 0 Å². The maximum Gasteiger partial charge on any atom is 0.340 e. The number of rotatable bonds is 4. The van der Waals surface area contributed by atoms with Gasteiger partial charge >= 0.3 is 11.9 Å². The molecule has 2 aromatic rings. The first kappa shape index (κ1) is 16.4. The monoisotopic (exact) mass is 318 g/mol. The smallest absolute Gasteiger partial charge is 0.340 e. The predicted molar refractivity (Wildman–Crippen MR) is 86.3 cm³/mol. The van der Waals surface area contributed by atoms with Crippen molar-refractivity contribution in [2.24, 2.45) is 7.05 Å². The van der Waals surface area contributed by atoms with Gasteiger partial charge in [-0.05, 0) is 18.2 Å². The zero-order valence-electron chi connectivity index (χ0n) is 13.4. The zero-order chi connectivity index (χ0) is 17.1. The van der Waals surface area contributed by atoms with E-state index in [1.165, 1.54) is 33.5 Å². The number of ether oxygens (including phenoxy) is 3. The van der Waals surface area contributed by atoms with E-state index in [1.54, 1.807) is 23.7 Å². The highest BCUT2D eigenvalue weighted by Crippen LogP contribution is 2.36. The average Bonchev–Trinajstić information content (AvgIpc) is 2.85. The quantitative estimate of drug-likeness (QED) is 0.524. The molecule has 1 heterocycles. The first-order chi connectivity index (χ1) is 11.0. The number of anilines is 1. The summed E-state index contributed by atoms with van der Waals surface area (Å²) in [4.78, 5) is 23.6. The second-order valence-corrected chi connectivity index (χ2v) is 4.74. The van der Waals surface area contributed by atoms with Gasteiger partial charge in [-0.2, -0.15) is 0 Å². The molecule has 0 amide bonds. The molecular weight excluding hydrogens is 300 g/mol. The Hall–Kier alpha value is -2.96. The van der Waals surface area contributed by atoms with Gasteiger partial charge in [-0.25, -0.2) is 9.59 Å². The number of nitrogens with two attached hydrogens (primary N) is 1. The summed E-state index contributed by atoms with van der Waals surface area (Å²) in [7, 11) is 5.82. The SMILES string of the molecule is COC(=O)/C=C/c1c(C(=O)OC)c2c(N)c(OC)ccc2n1C. The van der Waals surface area contributed by atoms with Gasteiger partial charge in [0.15, 0.2) is 0 Å². The molecule has 1 aromatic carbocycles. The van der Waals surface area contributed by atoms with E-state index in [0.717, 1.165) is 0 Å². The number of hydrogen-bond donors (Lipinski definition) is 1. The van der Waals surface area contributed by atoms with Gasteiger partial charge in [0.05, 0.1) is 43.8 Å². The van der Waals surface area contributed by atoms with Crippen LogP contribution in [0.5, 0.6) is 5.75 Å². The summed E-state index contributed by atoms with van der Waals surface area (Å²) in [5.41, 5.74) is 7.92. The van der Waals surface area contributed by atoms with Crippen molar-refractivity contribution in [2.75, 3.05) is 27.1 Å². The van der Waals surface area contributed by atoms with Crippen LogP contribution in [0.4, 0.5) is 5.69 Å². The van der Waals surface area contributed by atoms with Crippen LogP contribution in [0.3, 0.4) is 0 Å². The molecule has 122 valence electrons. The largest absolute Gasteiger partial charge is 0.495 e. The van der Waals surface area contributed by atoms with E-state index in [-0.39, 0.29) is 5.56 Å². The van der Waals surface area contributed by atoms with Crippen molar-refractivity contribution in [3.63, 3.8) is 0 Å². The van der Waals surface area contributed by atoms with Crippen molar-refractivity contribution < 1.29 is 23.8 Å². The lowest BCUT2D eigenvalue weighted by atomic mass is 10.1. The molecule has 7 heteroatoms. The molecule has 0 aliphatic heterocycles. The molecule has 1 aromatic heterocycles. The van der Waals surface area contributed by atoms with Crippen LogP contribution < -0.4 is 10.5 Å². The lowest BCUT2D eigenvalue weighted by molar-refractivity contribution is -0.134. The lowest BCUT2D eigenvalue weighted by Gasteiger charge is -2.06. The van der Waals surface area contributed by atoms with Gasteiger partial charge in [0.1, 0.15) is 5.75 Å². The Labute approximate surface area is 133 Å². The molecule has 0 atom stereocenters. The van der Waals surface area contributed by atoms with Crippen LogP contribution in [0.1, 0.15) is 16.1 Å². The van der Waals surface area contributed by atoms with E-state index < -0.39 is 11.9 Å². The number of carbonyl (C=O) groups is 2. The molecule has 0 saturated heterocycles. The Morgan fingerprint density at radius 1 is 1.17 bits per heavy atom. The summed E-state index contributed by atoms with van der Waals surface area (Å²) in [6.07, 6.45) is 2.72. The van der Waals surface area contributed by atoms with E-state index in [0.29, 0.717) is 28.0 Å². The third kappa shape index (κ3) is 2.73. The predicted octanol–water partition coefficient (Wildman–Crippen LogP) is 1.74. The van der Waals surface area contributed by atoms with Crippen LogP contribution in [0.2, 0.25) is 0 Å². The van der Waals surface area contributed by atoms with Gasteiger partial charge in [0, 0.05) is 18.5 Å². The molecule has 0 radical (unpaired) electrons. The number of esters is 2. The zero-order valence-corrected chi connectivity index (χ0v) is 13.4. The van der Waals surface area contributed by atoms with Gasteiger partial charge in [0.25, 0.3) is 0 Å². The Bertz CT molecular complexity index is 805. The summed E-state index contributed by atoms with van der Waals surface area (Å²) in [6, 6.07) is 3.50. The van der Waals surface area contributed by atoms with E-state index in [2.05, 4.69) is 4.74 Å². The van der Waals surface area contributed by atoms with Crippen LogP contribution in [-0.2, 0) is 21.3 Å². The number of methoxy groups -OCH3 is 3. The van der Waals surface area contributed by atoms with Gasteiger partial charge in [-0.1, -0.05) is 0 Å². The molecule has 0 unspecified atom stereocenters. The number of nitrogens with zero attached hydrogens (tertiary/aromatic N) is 1. The standard InChI is InChI=1S/C16H18N2O5/c1-18-9-5-7-11(21-2)15(17)13(9)14(16(20)23-4)10(18)6-8-12(19)22-3/h5-8H,17H2,1-4H3/b8-6+. The third-order valence-electron chi connectivity index (χ3n) is 3.60. The maximum atomic E-state index is 12.2. The van der Waals surface area contributed by atoms with Gasteiger partial charge in [-0.3, -0.25) is 0 Å². The maximum absolute atomic E-state index is 12.2. The van der Waals surface area contributed by atoms with E-state index >= 15 is 0 Å². The molecular formula is C16H18N2O5. The molecule has 7 nitrogen and oxygen atoms in total. The van der Waals surface area contributed by atoms with Gasteiger partial charge in [-0.15, -0.1) is 0 Å². The van der Waals surface area contributed by atoms with E-state index in [9.17, 15) is 9.59 Å². The number of benzene rings is 1. The van der Waals surface area contributed by atoms with Crippen LogP contribution in [0.25, 0.3) is 17.0 Å². The van der Waals surface area contributed by atoms with E-state index in [4.69, 9.17) is 15.2 Å². The fourth-order valence-corrected chi connectivity index (χ4v) is 2.45. The molecule has 2 N–H and O–H groups in total. The summed E-state index contributed by atoms with van der Waals surface area (Å²) >= 11 is 0. The first-order valence-corrected chi connectivity index (χ1v) is 6.75. The van der Waals surface area contributed by atoms with E-state index in [1.807, 2.05) is 0 Å². The summed E-state index contributed by atoms with van der Waals surface area (Å²) in [6.45, 7) is 0. The number of fused-ring (bicyclic) bond motifs is 1. The Morgan fingerprint density at radius 2 is 1.87 bits per heavy atom. The normalized spacial score (nSPS) is 11.0. The van der Waals surface area contributed by atoms with Crippen LogP contribution in [0.15, 0.2) is 18.2 Å². The minimum atomic E-state index is -0.555. The Kier molecular flexibility index (Phi) is 4.59. The minimum Gasteiger partial charge on any atom is -0.495 e. The summed E-state index contributed by atoms with van der Waals surface area (Å²) < 4.78 is 16.4. The van der Waals surface area contributed by atoms with Crippen molar-refractivity contribution >= 4 is 34.6 Å². The molecule has 0 aliphatic rings. The summed E-state index contributed by atoms with van der Waals surface area (Å²) in [5.74, 6) is -0.631. The third-order valence-corrected chi connectivity index (χ3v) is 3.60. The number of carbonyl (C=O) groups excluding carboxylic acids is 2. The minimum absolute atomic E-state index is 0.265. The van der Waals surface area contributed by atoms with Crippen molar-refractivity contribution in [2.45, 2.75) is 0 Å². The molecule has 2 rings (SSSR count). The number of aryl methyl sites for hydroxylation is 1. The van der Waals surface area contributed by atoms with Crippen LogP contribution >= 0.6 is 0 Å². The lowest BCUT2D eigenvalue weighted by Crippen LogP contribution is -2.05. The van der Waals surface area contributed by atoms with Gasteiger partial charge < -0.3 is 24.5 Å². The number of nitrogen functional groups attached to an aromatic ring is 1. The highest BCUT2D eigenvalue weighted by molar-refractivity contribution is 6.13. The average molecular weight is 318 g/mol. The first-order valence-electron chi connectivity index (χ1n) is 6.75. The summed E-state index contributed by atoms with van der Waals surface area (Å²) in [5, 5.41) is 0.517. The Morgan fingerprint density at radius 3 is 2.43 bits per heavy atom. The molecule has 0 fully saturated rings. The van der Waals surface area contributed by atoms with Crippen LogP contribution in [-0.4, -0.2) is 37.8 Å². The van der Waals surface area contributed by atoms with Crippen molar-refractivity contribution in [3.05, 3.63) is 29.5 Å². The number of aromatic nitrogens is 1. The van der Waals surface area contributed by atoms with Crippen molar-refractivity contribution in [3.8, 4) is 5.75 Å². The van der Waals surface area contributed by atoms with Crippen LogP contribution in [0, 0.1) is 0 Å². The topological polar surface area (TPSA) is 92.8 Å². The molecule has 0 aliphatic carbocycles. The molecule has 0 spiro atoms. The second-order valence-electron chi connectivity index (χ2n) is 4.74. The highest BCUT2D eigenvalue weighted by Gasteiger charge is 2.23. The molecule has 23 heavy (non-hydrogen) atoms. The fourth-order valence-electron chi connectivity index (χ4n) is 2.45. The molecule has 0 bridgehead atoms. The Balaban J connectivity index is 2.83. The number of hydrogen-bond acceptors (Lipinski definition) is 6. The molecule has 0 saturated carbocycles. The van der Waals surface area contributed by atoms with Crippen molar-refractivity contribution in [1.82, 2.24) is 4.57 Å². The highest BCUT2D eigenvalue weighted by atomic mass is 16.5.